The summed E-state index contributed by atoms with van der Waals surface area (Å²) in [5, 5.41) is 2.42. The zero-order valence-electron chi connectivity index (χ0n) is 13.9. The van der Waals surface area contributed by atoms with Crippen LogP contribution in [0.25, 0.3) is 0 Å². The summed E-state index contributed by atoms with van der Waals surface area (Å²) in [7, 11) is 0. The van der Waals surface area contributed by atoms with E-state index in [1.807, 2.05) is 11.3 Å². The van der Waals surface area contributed by atoms with Crippen molar-refractivity contribution in [3.05, 3.63) is 96.4 Å². The Labute approximate surface area is 177 Å². The molecule has 4 rings (SSSR count). The summed E-state index contributed by atoms with van der Waals surface area (Å²) in [6, 6.07) is 32.9. The molecule has 0 fully saturated rings. The van der Waals surface area contributed by atoms with Gasteiger partial charge in [0, 0.05) is 0 Å². The monoisotopic (exact) mass is 552 g/mol. The summed E-state index contributed by atoms with van der Waals surface area (Å²) in [4.78, 5) is 0. The van der Waals surface area contributed by atoms with Crippen molar-refractivity contribution >= 4 is 82.3 Å². The van der Waals surface area contributed by atoms with Crippen LogP contribution in [-0.4, -0.2) is 44.9 Å². The van der Waals surface area contributed by atoms with E-state index in [4.69, 9.17) is 0 Å². The summed E-state index contributed by atoms with van der Waals surface area (Å²) in [6.45, 7) is 0. The summed E-state index contributed by atoms with van der Waals surface area (Å²) in [5.41, 5.74) is 0. The molecular weight excluding hydrogens is 533 g/mol. The van der Waals surface area contributed by atoms with Crippen LogP contribution in [0.3, 0.4) is 0 Å². The fourth-order valence-corrected chi connectivity index (χ4v) is 12.4. The van der Waals surface area contributed by atoms with Crippen molar-refractivity contribution < 1.29 is 0 Å². The van der Waals surface area contributed by atoms with Crippen molar-refractivity contribution in [1.29, 1.82) is 0 Å². The first-order valence-electron chi connectivity index (χ1n) is 8.19. The Bertz CT molecular complexity index is 892. The molecule has 1 aromatic heterocycles. The predicted molar refractivity (Wildman–Crippen MR) is 119 cm³/mol. The normalized spacial score (nSPS) is 10.8. The standard InChI is InChI=1S/C22H16SSe3/c1-4-10-17(11-5-1)24-20-16-23-22(26-19-14-8-3-9-15-19)21(20)25-18-12-6-2-7-13-18/h1-16H. The van der Waals surface area contributed by atoms with E-state index in [0.29, 0.717) is 44.9 Å². The van der Waals surface area contributed by atoms with Gasteiger partial charge in [-0.1, -0.05) is 0 Å². The van der Waals surface area contributed by atoms with E-state index in [2.05, 4.69) is 96.4 Å². The summed E-state index contributed by atoms with van der Waals surface area (Å²) >= 11 is 3.12. The first-order valence-corrected chi connectivity index (χ1v) is 14.2. The van der Waals surface area contributed by atoms with Gasteiger partial charge in [0.25, 0.3) is 0 Å². The van der Waals surface area contributed by atoms with Crippen LogP contribution >= 0.6 is 11.3 Å². The molecule has 0 spiro atoms. The third kappa shape index (κ3) is 4.80. The maximum absolute atomic E-state index is 2.42. The molecule has 26 heavy (non-hydrogen) atoms. The Morgan fingerprint density at radius 3 is 1.50 bits per heavy atom. The van der Waals surface area contributed by atoms with Crippen molar-refractivity contribution in [2.24, 2.45) is 0 Å². The van der Waals surface area contributed by atoms with Gasteiger partial charge in [-0.25, -0.2) is 0 Å². The molecule has 0 atom stereocenters. The van der Waals surface area contributed by atoms with Crippen LogP contribution < -0.4 is 26.1 Å². The Morgan fingerprint density at radius 2 is 0.962 bits per heavy atom. The quantitative estimate of drug-likeness (QED) is 0.311. The van der Waals surface area contributed by atoms with Gasteiger partial charge >= 0.3 is 179 Å². The van der Waals surface area contributed by atoms with Gasteiger partial charge < -0.3 is 0 Å². The van der Waals surface area contributed by atoms with Crippen LogP contribution in [0.15, 0.2) is 96.4 Å². The molecule has 0 N–H and O–H groups in total. The average Bonchev–Trinajstić information content (AvgIpc) is 3.05. The average molecular weight is 549 g/mol. The van der Waals surface area contributed by atoms with Crippen molar-refractivity contribution in [2.45, 2.75) is 0 Å². The van der Waals surface area contributed by atoms with Gasteiger partial charge in [-0.05, 0) is 0 Å². The Morgan fingerprint density at radius 1 is 0.500 bits per heavy atom. The molecule has 1 heterocycles. The van der Waals surface area contributed by atoms with Crippen LogP contribution in [0, 0.1) is 0 Å². The van der Waals surface area contributed by atoms with Crippen LogP contribution in [0.4, 0.5) is 0 Å². The third-order valence-electron chi connectivity index (χ3n) is 3.57. The van der Waals surface area contributed by atoms with E-state index < -0.39 is 0 Å². The van der Waals surface area contributed by atoms with Crippen LogP contribution in [0.2, 0.25) is 0 Å². The van der Waals surface area contributed by atoms with Crippen LogP contribution in [0.1, 0.15) is 0 Å². The molecule has 0 aliphatic heterocycles. The van der Waals surface area contributed by atoms with Crippen LogP contribution in [0.5, 0.6) is 0 Å². The number of hydrogen-bond acceptors (Lipinski definition) is 1. The molecule has 0 bridgehead atoms. The molecule has 0 unspecified atom stereocenters. The summed E-state index contributed by atoms with van der Waals surface area (Å²) in [6.07, 6.45) is 0. The minimum atomic E-state index is 0.374. The van der Waals surface area contributed by atoms with E-state index in [1.54, 1.807) is 12.7 Å². The van der Waals surface area contributed by atoms with Crippen molar-refractivity contribution in [2.75, 3.05) is 0 Å². The third-order valence-corrected chi connectivity index (χ3v) is 13.8. The zero-order valence-corrected chi connectivity index (χ0v) is 19.8. The Kier molecular flexibility index (Phi) is 6.48. The summed E-state index contributed by atoms with van der Waals surface area (Å²) < 4.78 is 9.19. The van der Waals surface area contributed by atoms with Gasteiger partial charge in [0.05, 0.1) is 0 Å². The Balaban J connectivity index is 1.67. The van der Waals surface area contributed by atoms with Gasteiger partial charge in [-0.15, -0.1) is 0 Å². The van der Waals surface area contributed by atoms with E-state index in [1.165, 1.54) is 13.4 Å². The van der Waals surface area contributed by atoms with Gasteiger partial charge in [0.1, 0.15) is 0 Å². The van der Waals surface area contributed by atoms with Crippen LogP contribution in [-0.2, 0) is 0 Å². The number of rotatable bonds is 6. The van der Waals surface area contributed by atoms with E-state index >= 15 is 0 Å². The molecule has 0 nitrogen and oxygen atoms in total. The van der Waals surface area contributed by atoms with Crippen molar-refractivity contribution in [3.8, 4) is 0 Å². The minimum absolute atomic E-state index is 0.374. The van der Waals surface area contributed by atoms with E-state index in [0.717, 1.165) is 0 Å². The molecule has 0 saturated heterocycles. The molecule has 4 aromatic rings. The zero-order chi connectivity index (χ0) is 17.6. The molecular formula is C22H16SSe3. The first kappa shape index (κ1) is 18.3. The number of thiophene rings is 1. The van der Waals surface area contributed by atoms with Gasteiger partial charge in [0.15, 0.2) is 0 Å². The molecule has 4 heteroatoms. The molecule has 0 amide bonds. The van der Waals surface area contributed by atoms with E-state index in [9.17, 15) is 0 Å². The fraction of sp³-hybridized carbons (Fsp3) is 0. The molecule has 128 valence electrons. The number of benzene rings is 3. The maximum atomic E-state index is 2.42. The second-order valence-electron chi connectivity index (χ2n) is 5.46. The Hall–Kier alpha value is -1.08. The van der Waals surface area contributed by atoms with Gasteiger partial charge in [-0.2, -0.15) is 0 Å². The van der Waals surface area contributed by atoms with E-state index in [-0.39, 0.29) is 0 Å². The summed E-state index contributed by atoms with van der Waals surface area (Å²) in [5.74, 6) is 0. The van der Waals surface area contributed by atoms with Gasteiger partial charge in [0.2, 0.25) is 0 Å². The van der Waals surface area contributed by atoms with Gasteiger partial charge in [-0.3, -0.25) is 0 Å². The fourth-order valence-electron chi connectivity index (χ4n) is 2.36. The predicted octanol–water partition coefficient (Wildman–Crippen LogP) is 0.713. The molecule has 0 radical (unpaired) electrons. The second kappa shape index (κ2) is 9.22. The topological polar surface area (TPSA) is 0 Å². The van der Waals surface area contributed by atoms with Crippen molar-refractivity contribution in [1.82, 2.24) is 0 Å². The first-order chi connectivity index (χ1) is 12.9. The molecule has 3 aromatic carbocycles. The number of hydrogen-bond donors (Lipinski definition) is 0. The SMILES string of the molecule is c1ccc([Se]c2csc([Se]c3ccccc3)c2[Se]c2ccccc2)cc1. The molecule has 0 aliphatic rings. The molecule has 0 saturated carbocycles. The molecule has 0 aliphatic carbocycles. The van der Waals surface area contributed by atoms with Crippen molar-refractivity contribution in [3.63, 3.8) is 0 Å². The second-order valence-corrected chi connectivity index (χ2v) is 13.8.